The maximum atomic E-state index is 10.7. The lowest BCUT2D eigenvalue weighted by Crippen LogP contribution is -1.87. The van der Waals surface area contributed by atoms with Crippen LogP contribution in [0.1, 0.15) is 21.5 Å². The third kappa shape index (κ3) is 1.24. The Balaban J connectivity index is 2.22. The Kier molecular flexibility index (Phi) is 1.92. The normalized spacial score (nSPS) is 12.3. The van der Waals surface area contributed by atoms with Gasteiger partial charge in [0.25, 0.3) is 0 Å². The van der Waals surface area contributed by atoms with Crippen LogP contribution in [0.2, 0.25) is 0 Å². The van der Waals surface area contributed by atoms with Gasteiger partial charge in [-0.1, -0.05) is 12.1 Å². The number of aromatic nitrogens is 2. The highest BCUT2D eigenvalue weighted by Gasteiger charge is 2.23. The summed E-state index contributed by atoms with van der Waals surface area (Å²) in [7, 11) is 0. The highest BCUT2D eigenvalue weighted by molar-refractivity contribution is 14.1. The van der Waals surface area contributed by atoms with Crippen molar-refractivity contribution < 1.29 is 4.79 Å². The van der Waals surface area contributed by atoms with Crippen LogP contribution >= 0.6 is 22.6 Å². The molecule has 0 aliphatic heterocycles. The smallest absolute Gasteiger partial charge is 0.150 e. The number of carbonyl (C=O) groups is 1. The number of aromatic amines is 1. The van der Waals surface area contributed by atoms with E-state index in [1.807, 2.05) is 18.2 Å². The zero-order valence-electron chi connectivity index (χ0n) is 7.75. The summed E-state index contributed by atoms with van der Waals surface area (Å²) >= 11 is 2.23. The number of nitrogens with one attached hydrogen (secondary N) is 1. The molecule has 0 bridgehead atoms. The van der Waals surface area contributed by atoms with E-state index < -0.39 is 0 Å². The van der Waals surface area contributed by atoms with Crippen LogP contribution in [0, 0.1) is 3.70 Å². The van der Waals surface area contributed by atoms with Crippen molar-refractivity contribution in [1.29, 1.82) is 0 Å². The maximum Gasteiger partial charge on any atom is 0.150 e. The first kappa shape index (κ1) is 9.08. The minimum Gasteiger partial charge on any atom is -0.298 e. The highest BCUT2D eigenvalue weighted by atomic mass is 127. The van der Waals surface area contributed by atoms with Crippen LogP contribution in [-0.4, -0.2) is 16.5 Å². The van der Waals surface area contributed by atoms with E-state index in [0.29, 0.717) is 0 Å². The third-order valence-electron chi connectivity index (χ3n) is 2.72. The fourth-order valence-corrected chi connectivity index (χ4v) is 2.58. The Morgan fingerprint density at radius 1 is 1.47 bits per heavy atom. The van der Waals surface area contributed by atoms with Gasteiger partial charge in [-0.3, -0.25) is 9.89 Å². The molecule has 1 aromatic heterocycles. The van der Waals surface area contributed by atoms with E-state index in [9.17, 15) is 4.79 Å². The summed E-state index contributed by atoms with van der Waals surface area (Å²) in [6, 6.07) is 5.78. The van der Waals surface area contributed by atoms with Gasteiger partial charge in [0, 0.05) is 23.1 Å². The van der Waals surface area contributed by atoms with E-state index >= 15 is 0 Å². The highest BCUT2D eigenvalue weighted by Crippen LogP contribution is 2.37. The fourth-order valence-electron chi connectivity index (χ4n) is 1.99. The number of nitrogens with zero attached hydrogens (tertiary/aromatic N) is 1. The van der Waals surface area contributed by atoms with Gasteiger partial charge in [-0.15, -0.1) is 0 Å². The third-order valence-corrected chi connectivity index (χ3v) is 3.61. The summed E-state index contributed by atoms with van der Waals surface area (Å²) in [5.74, 6) is 0. The standard InChI is InChI=1S/C11H7IN2O/c12-11-9-4-7-3-6(5-15)1-2-8(7)10(9)13-14-11/h1-3,5H,4H2,(H,13,14). The molecule has 0 saturated carbocycles. The number of hydrogen-bond acceptors (Lipinski definition) is 2. The van der Waals surface area contributed by atoms with Crippen molar-refractivity contribution in [2.75, 3.05) is 0 Å². The van der Waals surface area contributed by atoms with E-state index in [2.05, 4.69) is 32.8 Å². The van der Waals surface area contributed by atoms with Crippen molar-refractivity contribution in [3.8, 4) is 11.3 Å². The van der Waals surface area contributed by atoms with Crippen LogP contribution in [0.4, 0.5) is 0 Å². The number of halogens is 1. The number of H-pyrrole nitrogens is 1. The van der Waals surface area contributed by atoms with Crippen molar-refractivity contribution in [3.63, 3.8) is 0 Å². The second-order valence-corrected chi connectivity index (χ2v) is 4.60. The van der Waals surface area contributed by atoms with Gasteiger partial charge in [-0.05, 0) is 34.2 Å². The molecule has 74 valence electrons. The lowest BCUT2D eigenvalue weighted by Gasteiger charge is -1.99. The average Bonchev–Trinajstić information content (AvgIpc) is 2.78. The quantitative estimate of drug-likeness (QED) is 0.554. The molecule has 15 heavy (non-hydrogen) atoms. The molecule has 4 heteroatoms. The summed E-state index contributed by atoms with van der Waals surface area (Å²) in [5, 5.41) is 7.21. The summed E-state index contributed by atoms with van der Waals surface area (Å²) in [4.78, 5) is 10.7. The summed E-state index contributed by atoms with van der Waals surface area (Å²) in [5.41, 5.74) is 5.47. The molecule has 1 N–H and O–H groups in total. The summed E-state index contributed by atoms with van der Waals surface area (Å²) in [6.45, 7) is 0. The molecule has 2 aromatic rings. The van der Waals surface area contributed by atoms with Gasteiger partial charge in [0.2, 0.25) is 0 Å². The lowest BCUT2D eigenvalue weighted by molar-refractivity contribution is 0.112. The van der Waals surface area contributed by atoms with E-state index in [-0.39, 0.29) is 0 Å². The Morgan fingerprint density at radius 2 is 2.33 bits per heavy atom. The molecule has 1 aromatic carbocycles. The topological polar surface area (TPSA) is 45.8 Å². The van der Waals surface area contributed by atoms with Crippen molar-refractivity contribution in [3.05, 3.63) is 38.6 Å². The second kappa shape index (κ2) is 3.16. The Morgan fingerprint density at radius 3 is 3.13 bits per heavy atom. The van der Waals surface area contributed by atoms with E-state index in [4.69, 9.17) is 0 Å². The molecule has 0 radical (unpaired) electrons. The van der Waals surface area contributed by atoms with Crippen molar-refractivity contribution in [2.45, 2.75) is 6.42 Å². The molecule has 1 aliphatic carbocycles. The molecule has 0 saturated heterocycles. The molecular formula is C11H7IN2O. The van der Waals surface area contributed by atoms with Gasteiger partial charge < -0.3 is 0 Å². The lowest BCUT2D eigenvalue weighted by atomic mass is 10.1. The van der Waals surface area contributed by atoms with Gasteiger partial charge >= 0.3 is 0 Å². The van der Waals surface area contributed by atoms with Crippen LogP contribution in [0.25, 0.3) is 11.3 Å². The first-order valence-corrected chi connectivity index (χ1v) is 5.68. The first-order chi connectivity index (χ1) is 7.29. The minimum atomic E-state index is 0.738. The molecule has 1 heterocycles. The van der Waals surface area contributed by atoms with Crippen LogP contribution < -0.4 is 0 Å². The van der Waals surface area contributed by atoms with Crippen molar-refractivity contribution in [1.82, 2.24) is 10.2 Å². The summed E-state index contributed by atoms with van der Waals surface area (Å²) in [6.07, 6.45) is 1.76. The largest absolute Gasteiger partial charge is 0.298 e. The number of hydrogen-bond donors (Lipinski definition) is 1. The number of fused-ring (bicyclic) bond motifs is 3. The van der Waals surface area contributed by atoms with E-state index in [0.717, 1.165) is 27.7 Å². The van der Waals surface area contributed by atoms with Crippen LogP contribution in [-0.2, 0) is 6.42 Å². The Labute approximate surface area is 100 Å². The number of aldehydes is 1. The Hall–Kier alpha value is -1.17. The van der Waals surface area contributed by atoms with Gasteiger partial charge in [0.15, 0.2) is 0 Å². The molecule has 0 amide bonds. The molecule has 0 spiro atoms. The maximum absolute atomic E-state index is 10.7. The predicted octanol–water partition coefficient (Wildman–Crippen LogP) is 2.40. The summed E-state index contributed by atoms with van der Waals surface area (Å²) < 4.78 is 1.02. The number of rotatable bonds is 1. The SMILES string of the molecule is O=Cc1ccc2c(c1)Cc1c(I)n[nH]c1-2. The van der Waals surface area contributed by atoms with Crippen LogP contribution in [0.3, 0.4) is 0 Å². The second-order valence-electron chi connectivity index (χ2n) is 3.58. The average molecular weight is 310 g/mol. The van der Waals surface area contributed by atoms with Gasteiger partial charge in [0.1, 0.15) is 9.99 Å². The van der Waals surface area contributed by atoms with Gasteiger partial charge in [0.05, 0.1) is 5.69 Å². The number of carbonyl (C=O) groups excluding carboxylic acids is 1. The molecule has 0 atom stereocenters. The molecule has 3 nitrogen and oxygen atoms in total. The van der Waals surface area contributed by atoms with Crippen LogP contribution in [0.15, 0.2) is 18.2 Å². The van der Waals surface area contributed by atoms with Crippen molar-refractivity contribution in [2.24, 2.45) is 0 Å². The first-order valence-electron chi connectivity index (χ1n) is 4.61. The predicted molar refractivity (Wildman–Crippen MR) is 64.9 cm³/mol. The van der Waals surface area contributed by atoms with E-state index in [1.165, 1.54) is 16.7 Å². The molecule has 0 unspecified atom stereocenters. The van der Waals surface area contributed by atoms with E-state index in [1.54, 1.807) is 0 Å². The molecule has 1 aliphatic rings. The Bertz CT molecular complexity index is 560. The molecular weight excluding hydrogens is 303 g/mol. The minimum absolute atomic E-state index is 0.738. The monoisotopic (exact) mass is 310 g/mol. The molecule has 0 fully saturated rings. The van der Waals surface area contributed by atoms with Crippen LogP contribution in [0.5, 0.6) is 0 Å². The number of benzene rings is 1. The van der Waals surface area contributed by atoms with Gasteiger partial charge in [-0.2, -0.15) is 5.10 Å². The molecule has 3 rings (SSSR count). The van der Waals surface area contributed by atoms with Gasteiger partial charge in [-0.25, -0.2) is 0 Å². The van der Waals surface area contributed by atoms with Crippen molar-refractivity contribution >= 4 is 28.9 Å². The zero-order valence-corrected chi connectivity index (χ0v) is 9.91. The zero-order chi connectivity index (χ0) is 10.4. The fraction of sp³-hybridized carbons (Fsp3) is 0.0909.